The van der Waals surface area contributed by atoms with Crippen molar-refractivity contribution in [1.29, 1.82) is 0 Å². The largest absolute Gasteiger partial charge is 0.469 e. The second kappa shape index (κ2) is 6.30. The molecule has 0 spiro atoms. The molecular formula is C12H20N2O2. The van der Waals surface area contributed by atoms with Gasteiger partial charge in [-0.1, -0.05) is 13.8 Å². The van der Waals surface area contributed by atoms with Gasteiger partial charge in [0.1, 0.15) is 0 Å². The standard InChI is InChI=1S/C12H20N2O2/c1-4-10-9-11(5-2)14(13-10)8-6-7-12(15)16-3/h9H,4-8H2,1-3H3. The summed E-state index contributed by atoms with van der Waals surface area (Å²) in [5.41, 5.74) is 2.36. The zero-order chi connectivity index (χ0) is 12.0. The van der Waals surface area contributed by atoms with Crippen molar-refractivity contribution in [2.24, 2.45) is 0 Å². The normalized spacial score (nSPS) is 10.4. The minimum atomic E-state index is -0.152. The zero-order valence-corrected chi connectivity index (χ0v) is 10.3. The zero-order valence-electron chi connectivity index (χ0n) is 10.3. The highest BCUT2D eigenvalue weighted by Gasteiger charge is 2.06. The highest BCUT2D eigenvalue weighted by atomic mass is 16.5. The van der Waals surface area contributed by atoms with Crippen LogP contribution in [0.3, 0.4) is 0 Å². The topological polar surface area (TPSA) is 44.1 Å². The molecule has 0 radical (unpaired) electrons. The molecule has 1 rings (SSSR count). The van der Waals surface area contributed by atoms with Crippen molar-refractivity contribution in [2.45, 2.75) is 46.1 Å². The summed E-state index contributed by atoms with van der Waals surface area (Å²) in [6, 6.07) is 2.14. The third-order valence-corrected chi connectivity index (χ3v) is 2.62. The lowest BCUT2D eigenvalue weighted by atomic mass is 10.2. The molecule has 0 aliphatic rings. The van der Waals surface area contributed by atoms with E-state index in [1.165, 1.54) is 12.8 Å². The second-order valence-electron chi connectivity index (χ2n) is 3.74. The number of methoxy groups -OCH3 is 1. The minimum absolute atomic E-state index is 0.152. The van der Waals surface area contributed by atoms with E-state index >= 15 is 0 Å². The van der Waals surface area contributed by atoms with Gasteiger partial charge in [0.05, 0.1) is 12.8 Å². The fourth-order valence-electron chi connectivity index (χ4n) is 1.64. The Hall–Kier alpha value is -1.32. The first kappa shape index (κ1) is 12.7. The van der Waals surface area contributed by atoms with Gasteiger partial charge in [-0.05, 0) is 25.3 Å². The lowest BCUT2D eigenvalue weighted by Gasteiger charge is -2.04. The van der Waals surface area contributed by atoms with Gasteiger partial charge in [0.2, 0.25) is 0 Å². The molecule has 1 aromatic heterocycles. The Labute approximate surface area is 96.6 Å². The number of hydrogen-bond acceptors (Lipinski definition) is 3. The van der Waals surface area contributed by atoms with Crippen LogP contribution in [0, 0.1) is 0 Å². The summed E-state index contributed by atoms with van der Waals surface area (Å²) in [6.45, 7) is 5.01. The van der Waals surface area contributed by atoms with E-state index in [9.17, 15) is 4.79 Å². The van der Waals surface area contributed by atoms with E-state index in [1.807, 2.05) is 4.68 Å². The van der Waals surface area contributed by atoms with E-state index in [0.29, 0.717) is 6.42 Å². The highest BCUT2D eigenvalue weighted by Crippen LogP contribution is 2.08. The molecule has 1 heterocycles. The molecule has 1 aromatic rings. The van der Waals surface area contributed by atoms with Crippen molar-refractivity contribution in [3.05, 3.63) is 17.5 Å². The molecule has 90 valence electrons. The predicted molar refractivity (Wildman–Crippen MR) is 62.2 cm³/mol. The van der Waals surface area contributed by atoms with Gasteiger partial charge in [0.15, 0.2) is 0 Å². The van der Waals surface area contributed by atoms with Gasteiger partial charge in [0.25, 0.3) is 0 Å². The monoisotopic (exact) mass is 224 g/mol. The molecule has 0 aliphatic carbocycles. The van der Waals surface area contributed by atoms with E-state index in [-0.39, 0.29) is 5.97 Å². The first-order chi connectivity index (χ1) is 7.71. The molecular weight excluding hydrogens is 204 g/mol. The maximum absolute atomic E-state index is 11.0. The quantitative estimate of drug-likeness (QED) is 0.694. The van der Waals surface area contributed by atoms with Crippen molar-refractivity contribution in [1.82, 2.24) is 9.78 Å². The fourth-order valence-corrected chi connectivity index (χ4v) is 1.64. The van der Waals surface area contributed by atoms with Gasteiger partial charge in [-0.3, -0.25) is 9.48 Å². The van der Waals surface area contributed by atoms with Crippen LogP contribution in [0.1, 0.15) is 38.1 Å². The number of aromatic nitrogens is 2. The summed E-state index contributed by atoms with van der Waals surface area (Å²) < 4.78 is 6.60. The Morgan fingerprint density at radius 3 is 2.75 bits per heavy atom. The highest BCUT2D eigenvalue weighted by molar-refractivity contribution is 5.68. The SMILES string of the molecule is CCc1cc(CC)n(CCCC(=O)OC)n1. The molecule has 0 N–H and O–H groups in total. The summed E-state index contributed by atoms with van der Waals surface area (Å²) in [5, 5.41) is 4.49. The number of carbonyl (C=O) groups is 1. The van der Waals surface area contributed by atoms with Gasteiger partial charge >= 0.3 is 5.97 Å². The molecule has 0 saturated carbocycles. The average molecular weight is 224 g/mol. The van der Waals surface area contributed by atoms with Crippen LogP contribution in [-0.2, 0) is 28.9 Å². The molecule has 0 bridgehead atoms. The van der Waals surface area contributed by atoms with Crippen LogP contribution in [0.4, 0.5) is 0 Å². The summed E-state index contributed by atoms with van der Waals surface area (Å²) >= 11 is 0. The maximum atomic E-state index is 11.0. The van der Waals surface area contributed by atoms with Gasteiger partial charge < -0.3 is 4.74 Å². The van der Waals surface area contributed by atoms with Gasteiger partial charge in [-0.2, -0.15) is 5.10 Å². The number of ether oxygens (including phenoxy) is 1. The van der Waals surface area contributed by atoms with E-state index < -0.39 is 0 Å². The first-order valence-corrected chi connectivity index (χ1v) is 5.83. The van der Waals surface area contributed by atoms with E-state index in [1.54, 1.807) is 0 Å². The summed E-state index contributed by atoms with van der Waals surface area (Å²) in [6.07, 6.45) is 3.17. The molecule has 4 nitrogen and oxygen atoms in total. The minimum Gasteiger partial charge on any atom is -0.469 e. The molecule has 0 saturated heterocycles. The van der Waals surface area contributed by atoms with Crippen LogP contribution in [-0.4, -0.2) is 22.9 Å². The lowest BCUT2D eigenvalue weighted by molar-refractivity contribution is -0.140. The van der Waals surface area contributed by atoms with Crippen LogP contribution < -0.4 is 0 Å². The van der Waals surface area contributed by atoms with Crippen molar-refractivity contribution < 1.29 is 9.53 Å². The number of nitrogens with zero attached hydrogens (tertiary/aromatic N) is 2. The summed E-state index contributed by atoms with van der Waals surface area (Å²) in [4.78, 5) is 11.0. The average Bonchev–Trinajstić information content (AvgIpc) is 2.71. The van der Waals surface area contributed by atoms with Crippen LogP contribution in [0.2, 0.25) is 0 Å². The van der Waals surface area contributed by atoms with Crippen LogP contribution in [0.15, 0.2) is 6.07 Å². The Kier molecular flexibility index (Phi) is 5.02. The smallest absolute Gasteiger partial charge is 0.305 e. The van der Waals surface area contributed by atoms with Crippen LogP contribution in [0.25, 0.3) is 0 Å². The molecule has 0 atom stereocenters. The molecule has 0 aromatic carbocycles. The molecule has 0 amide bonds. The van der Waals surface area contributed by atoms with E-state index in [2.05, 4.69) is 29.7 Å². The molecule has 0 aliphatic heterocycles. The maximum Gasteiger partial charge on any atom is 0.305 e. The lowest BCUT2D eigenvalue weighted by Crippen LogP contribution is -2.08. The third kappa shape index (κ3) is 3.36. The number of hydrogen-bond donors (Lipinski definition) is 0. The van der Waals surface area contributed by atoms with Crippen molar-refractivity contribution in [3.8, 4) is 0 Å². The van der Waals surface area contributed by atoms with E-state index in [4.69, 9.17) is 0 Å². The molecule has 0 fully saturated rings. The van der Waals surface area contributed by atoms with E-state index in [0.717, 1.165) is 31.5 Å². The number of rotatable bonds is 6. The third-order valence-electron chi connectivity index (χ3n) is 2.62. The predicted octanol–water partition coefficient (Wildman–Crippen LogP) is 1.96. The van der Waals surface area contributed by atoms with Crippen LogP contribution >= 0.6 is 0 Å². The number of esters is 1. The molecule has 16 heavy (non-hydrogen) atoms. The Morgan fingerprint density at radius 2 is 2.19 bits per heavy atom. The van der Waals surface area contributed by atoms with Crippen LogP contribution in [0.5, 0.6) is 0 Å². The fraction of sp³-hybridized carbons (Fsp3) is 0.667. The second-order valence-corrected chi connectivity index (χ2v) is 3.74. The van der Waals surface area contributed by atoms with Gasteiger partial charge in [-0.15, -0.1) is 0 Å². The number of aryl methyl sites for hydroxylation is 3. The molecule has 4 heteroatoms. The first-order valence-electron chi connectivity index (χ1n) is 5.83. The van der Waals surface area contributed by atoms with Gasteiger partial charge in [0, 0.05) is 18.7 Å². The number of carbonyl (C=O) groups excluding carboxylic acids is 1. The molecule has 0 unspecified atom stereocenters. The summed E-state index contributed by atoms with van der Waals surface area (Å²) in [7, 11) is 1.42. The Bertz CT molecular complexity index is 345. The van der Waals surface area contributed by atoms with Crippen molar-refractivity contribution in [3.63, 3.8) is 0 Å². The Balaban J connectivity index is 2.52. The van der Waals surface area contributed by atoms with Gasteiger partial charge in [-0.25, -0.2) is 0 Å². The summed E-state index contributed by atoms with van der Waals surface area (Å²) in [5.74, 6) is -0.152. The van der Waals surface area contributed by atoms with Crippen molar-refractivity contribution >= 4 is 5.97 Å². The van der Waals surface area contributed by atoms with Crippen molar-refractivity contribution in [2.75, 3.05) is 7.11 Å². The Morgan fingerprint density at radius 1 is 1.44 bits per heavy atom.